The fraction of sp³-hybridized carbons (Fsp3) is 0.652. The SMILES string of the molecule is NC1(C(=O)N2CCC(Cc3ccc(C(=O)NC4CCOCC4)cc3)C2)CCCC1. The van der Waals surface area contributed by atoms with E-state index in [0.717, 1.165) is 77.7 Å². The number of rotatable bonds is 5. The molecule has 1 saturated carbocycles. The van der Waals surface area contributed by atoms with E-state index >= 15 is 0 Å². The average molecular weight is 400 g/mol. The molecule has 2 heterocycles. The highest BCUT2D eigenvalue weighted by atomic mass is 16.5. The molecule has 0 bridgehead atoms. The van der Waals surface area contributed by atoms with E-state index < -0.39 is 5.54 Å². The van der Waals surface area contributed by atoms with Gasteiger partial charge in [0, 0.05) is 37.9 Å². The molecule has 2 amide bonds. The largest absolute Gasteiger partial charge is 0.381 e. The summed E-state index contributed by atoms with van der Waals surface area (Å²) in [5, 5.41) is 3.10. The summed E-state index contributed by atoms with van der Waals surface area (Å²) >= 11 is 0. The lowest BCUT2D eigenvalue weighted by Gasteiger charge is -2.28. The summed E-state index contributed by atoms with van der Waals surface area (Å²) in [7, 11) is 0. The second-order valence-corrected chi connectivity index (χ2v) is 9.03. The molecule has 1 unspecified atom stereocenters. The van der Waals surface area contributed by atoms with Crippen molar-refractivity contribution in [3.63, 3.8) is 0 Å². The number of nitrogens with one attached hydrogen (secondary N) is 1. The van der Waals surface area contributed by atoms with Crippen LogP contribution >= 0.6 is 0 Å². The molecule has 0 aromatic heterocycles. The lowest BCUT2D eigenvalue weighted by Crippen LogP contribution is -2.52. The molecule has 3 aliphatic rings. The van der Waals surface area contributed by atoms with Gasteiger partial charge in [-0.25, -0.2) is 0 Å². The van der Waals surface area contributed by atoms with Crippen LogP contribution in [0.1, 0.15) is 60.9 Å². The Kier molecular flexibility index (Phi) is 6.20. The van der Waals surface area contributed by atoms with Crippen LogP contribution in [-0.2, 0) is 16.0 Å². The van der Waals surface area contributed by atoms with Crippen molar-refractivity contribution >= 4 is 11.8 Å². The number of hydrogen-bond donors (Lipinski definition) is 2. The van der Waals surface area contributed by atoms with E-state index in [0.29, 0.717) is 11.5 Å². The molecule has 3 N–H and O–H groups in total. The molecule has 6 heteroatoms. The van der Waals surface area contributed by atoms with Crippen LogP contribution in [0.2, 0.25) is 0 Å². The zero-order valence-corrected chi connectivity index (χ0v) is 17.2. The van der Waals surface area contributed by atoms with Gasteiger partial charge in [0.1, 0.15) is 0 Å². The monoisotopic (exact) mass is 399 g/mol. The van der Waals surface area contributed by atoms with E-state index in [1.165, 1.54) is 5.56 Å². The molecule has 2 saturated heterocycles. The fourth-order valence-corrected chi connectivity index (χ4v) is 4.95. The Bertz CT molecular complexity index is 721. The summed E-state index contributed by atoms with van der Waals surface area (Å²) in [4.78, 5) is 27.2. The molecular formula is C23H33N3O3. The van der Waals surface area contributed by atoms with Crippen molar-refractivity contribution in [1.29, 1.82) is 0 Å². The molecule has 29 heavy (non-hydrogen) atoms. The first kappa shape index (κ1) is 20.4. The Labute approximate surface area is 173 Å². The summed E-state index contributed by atoms with van der Waals surface area (Å²) in [5.41, 5.74) is 7.66. The Balaban J connectivity index is 1.28. The first-order valence-electron chi connectivity index (χ1n) is 11.1. The molecular weight excluding hydrogens is 366 g/mol. The van der Waals surface area contributed by atoms with Crippen LogP contribution in [0.4, 0.5) is 0 Å². The zero-order chi connectivity index (χ0) is 20.3. The summed E-state index contributed by atoms with van der Waals surface area (Å²) in [5.74, 6) is 0.606. The van der Waals surface area contributed by atoms with E-state index in [1.54, 1.807) is 0 Å². The number of nitrogens with zero attached hydrogens (tertiary/aromatic N) is 1. The summed E-state index contributed by atoms with van der Waals surface area (Å²) in [6.07, 6.45) is 7.49. The van der Waals surface area contributed by atoms with Crippen LogP contribution < -0.4 is 11.1 Å². The van der Waals surface area contributed by atoms with Gasteiger partial charge in [0.05, 0.1) is 5.54 Å². The van der Waals surface area contributed by atoms with E-state index in [9.17, 15) is 9.59 Å². The van der Waals surface area contributed by atoms with Crippen molar-refractivity contribution in [1.82, 2.24) is 10.2 Å². The standard InChI is InChI=1S/C23H33N3O3/c24-23(10-1-2-11-23)22(28)26-12-7-18(16-26)15-17-3-5-19(6-4-17)21(27)25-20-8-13-29-14-9-20/h3-6,18,20H,1-2,7-16,24H2,(H,25,27). The Hall–Kier alpha value is -1.92. The van der Waals surface area contributed by atoms with Gasteiger partial charge in [0.25, 0.3) is 5.91 Å². The summed E-state index contributed by atoms with van der Waals surface area (Å²) in [6.45, 7) is 3.05. The van der Waals surface area contributed by atoms with Crippen molar-refractivity contribution < 1.29 is 14.3 Å². The summed E-state index contributed by atoms with van der Waals surface area (Å²) in [6, 6.07) is 8.13. The fourth-order valence-electron chi connectivity index (χ4n) is 4.95. The number of carbonyl (C=O) groups is 2. The highest BCUT2D eigenvalue weighted by molar-refractivity contribution is 5.94. The molecule has 3 fully saturated rings. The highest BCUT2D eigenvalue weighted by Crippen LogP contribution is 2.31. The molecule has 0 radical (unpaired) electrons. The normalized spacial score (nSPS) is 24.6. The first-order chi connectivity index (χ1) is 14.0. The third-order valence-electron chi connectivity index (χ3n) is 6.79. The molecule has 6 nitrogen and oxygen atoms in total. The second kappa shape index (κ2) is 8.84. The maximum absolute atomic E-state index is 12.8. The van der Waals surface area contributed by atoms with Gasteiger partial charge in [-0.1, -0.05) is 25.0 Å². The van der Waals surface area contributed by atoms with Crippen molar-refractivity contribution in [2.24, 2.45) is 11.7 Å². The predicted molar refractivity (Wildman–Crippen MR) is 112 cm³/mol. The Morgan fingerprint density at radius 3 is 2.48 bits per heavy atom. The Morgan fingerprint density at radius 1 is 1.10 bits per heavy atom. The number of hydrogen-bond acceptors (Lipinski definition) is 4. The topological polar surface area (TPSA) is 84.7 Å². The van der Waals surface area contributed by atoms with Gasteiger partial charge in [0.2, 0.25) is 5.91 Å². The molecule has 1 aromatic carbocycles. The van der Waals surface area contributed by atoms with E-state index in [2.05, 4.69) is 5.32 Å². The van der Waals surface area contributed by atoms with Gasteiger partial charge in [0.15, 0.2) is 0 Å². The minimum atomic E-state index is -0.617. The summed E-state index contributed by atoms with van der Waals surface area (Å²) < 4.78 is 5.34. The van der Waals surface area contributed by atoms with Crippen LogP contribution in [0.5, 0.6) is 0 Å². The van der Waals surface area contributed by atoms with Gasteiger partial charge >= 0.3 is 0 Å². The van der Waals surface area contributed by atoms with E-state index in [1.807, 2.05) is 29.2 Å². The van der Waals surface area contributed by atoms with Crippen LogP contribution in [0, 0.1) is 5.92 Å². The molecule has 4 rings (SSSR count). The maximum Gasteiger partial charge on any atom is 0.251 e. The van der Waals surface area contributed by atoms with Crippen molar-refractivity contribution in [3.8, 4) is 0 Å². The number of carbonyl (C=O) groups excluding carboxylic acids is 2. The van der Waals surface area contributed by atoms with Gasteiger partial charge in [-0.2, -0.15) is 0 Å². The van der Waals surface area contributed by atoms with Crippen molar-refractivity contribution in [3.05, 3.63) is 35.4 Å². The molecule has 1 atom stereocenters. The smallest absolute Gasteiger partial charge is 0.251 e. The molecule has 1 aromatic rings. The molecule has 1 aliphatic carbocycles. The quantitative estimate of drug-likeness (QED) is 0.795. The molecule has 158 valence electrons. The third kappa shape index (κ3) is 4.81. The zero-order valence-electron chi connectivity index (χ0n) is 17.2. The molecule has 0 spiro atoms. The van der Waals surface area contributed by atoms with Gasteiger partial charge in [-0.15, -0.1) is 0 Å². The number of ether oxygens (including phenoxy) is 1. The molecule has 2 aliphatic heterocycles. The lowest BCUT2D eigenvalue weighted by molar-refractivity contribution is -0.135. The van der Waals surface area contributed by atoms with Crippen LogP contribution in [0.25, 0.3) is 0 Å². The van der Waals surface area contributed by atoms with Crippen LogP contribution in [0.3, 0.4) is 0 Å². The maximum atomic E-state index is 12.8. The lowest BCUT2D eigenvalue weighted by atomic mass is 9.96. The Morgan fingerprint density at radius 2 is 1.79 bits per heavy atom. The first-order valence-corrected chi connectivity index (χ1v) is 11.1. The van der Waals surface area contributed by atoms with Gasteiger partial charge in [-0.3, -0.25) is 9.59 Å². The van der Waals surface area contributed by atoms with Crippen LogP contribution in [-0.4, -0.2) is 54.6 Å². The van der Waals surface area contributed by atoms with Gasteiger partial charge in [-0.05, 0) is 62.1 Å². The number of benzene rings is 1. The van der Waals surface area contributed by atoms with Crippen molar-refractivity contribution in [2.45, 2.75) is 62.9 Å². The second-order valence-electron chi connectivity index (χ2n) is 9.03. The highest BCUT2D eigenvalue weighted by Gasteiger charge is 2.41. The minimum absolute atomic E-state index is 0.00843. The van der Waals surface area contributed by atoms with Crippen molar-refractivity contribution in [2.75, 3.05) is 26.3 Å². The predicted octanol–water partition coefficient (Wildman–Crippen LogP) is 2.26. The van der Waals surface area contributed by atoms with E-state index in [-0.39, 0.29) is 17.9 Å². The average Bonchev–Trinajstić information content (AvgIpc) is 3.39. The van der Waals surface area contributed by atoms with Gasteiger partial charge < -0.3 is 20.7 Å². The number of amides is 2. The van der Waals surface area contributed by atoms with Crippen LogP contribution in [0.15, 0.2) is 24.3 Å². The van der Waals surface area contributed by atoms with E-state index in [4.69, 9.17) is 10.5 Å². The minimum Gasteiger partial charge on any atom is -0.381 e. The third-order valence-corrected chi connectivity index (χ3v) is 6.79. The number of likely N-dealkylation sites (tertiary alicyclic amines) is 1. The number of nitrogens with two attached hydrogens (primary N) is 1.